The molecule has 0 unspecified atom stereocenters. The Bertz CT molecular complexity index is 1040. The maximum atomic E-state index is 12.9. The number of rotatable bonds is 2. The van der Waals surface area contributed by atoms with Crippen molar-refractivity contribution >= 4 is 16.9 Å². The smallest absolute Gasteiger partial charge is 0.254 e. The van der Waals surface area contributed by atoms with E-state index in [-0.39, 0.29) is 11.5 Å². The Morgan fingerprint density at radius 1 is 1.27 bits per heavy atom. The van der Waals surface area contributed by atoms with E-state index in [1.54, 1.807) is 17.9 Å². The van der Waals surface area contributed by atoms with E-state index in [1.807, 2.05) is 25.1 Å². The lowest BCUT2D eigenvalue weighted by atomic mass is 10.1. The van der Waals surface area contributed by atoms with Gasteiger partial charge in [-0.1, -0.05) is 0 Å². The first-order valence-corrected chi connectivity index (χ1v) is 8.48. The van der Waals surface area contributed by atoms with Gasteiger partial charge in [0.1, 0.15) is 23.3 Å². The second-order valence-corrected chi connectivity index (χ2v) is 6.48. The van der Waals surface area contributed by atoms with E-state index in [0.717, 1.165) is 16.7 Å². The van der Waals surface area contributed by atoms with Gasteiger partial charge in [-0.05, 0) is 38.1 Å². The molecule has 0 radical (unpaired) electrons. The summed E-state index contributed by atoms with van der Waals surface area (Å²) in [5.74, 6) is 1.27. The van der Waals surface area contributed by atoms with Gasteiger partial charge < -0.3 is 19.0 Å². The number of benzene rings is 1. The van der Waals surface area contributed by atoms with Crippen molar-refractivity contribution in [3.8, 4) is 0 Å². The van der Waals surface area contributed by atoms with Crippen molar-refractivity contribution in [3.63, 3.8) is 0 Å². The van der Waals surface area contributed by atoms with Crippen LogP contribution in [0.5, 0.6) is 0 Å². The van der Waals surface area contributed by atoms with Crippen molar-refractivity contribution in [2.24, 2.45) is 0 Å². The maximum absolute atomic E-state index is 12.9. The number of H-pyrrole nitrogens is 1. The molecule has 0 spiro atoms. The predicted octanol–water partition coefficient (Wildman–Crippen LogP) is 2.35. The monoisotopic (exact) mass is 353 g/mol. The first-order valence-electron chi connectivity index (χ1n) is 8.48. The fraction of sp³-hybridized carbons (Fsp3) is 0.316. The first-order chi connectivity index (χ1) is 12.5. The number of morpholine rings is 1. The summed E-state index contributed by atoms with van der Waals surface area (Å²) in [7, 11) is 0. The third-order valence-electron chi connectivity index (χ3n) is 4.45. The number of aryl methyl sites for hydroxylation is 2. The molecule has 7 heteroatoms. The van der Waals surface area contributed by atoms with Gasteiger partial charge in [0.15, 0.2) is 0 Å². The average molecular weight is 353 g/mol. The molecule has 3 aromatic rings. The fourth-order valence-corrected chi connectivity index (χ4v) is 3.27. The van der Waals surface area contributed by atoms with Crippen LogP contribution in [0.15, 0.2) is 39.5 Å². The van der Waals surface area contributed by atoms with Gasteiger partial charge in [0.2, 0.25) is 0 Å². The Morgan fingerprint density at radius 2 is 2.12 bits per heavy atom. The van der Waals surface area contributed by atoms with Gasteiger partial charge in [-0.2, -0.15) is 0 Å². The second-order valence-electron chi connectivity index (χ2n) is 6.48. The summed E-state index contributed by atoms with van der Waals surface area (Å²) in [5, 5.41) is 0.907. The van der Waals surface area contributed by atoms with E-state index in [0.29, 0.717) is 36.8 Å². The molecule has 1 saturated heterocycles. The quantitative estimate of drug-likeness (QED) is 0.764. The summed E-state index contributed by atoms with van der Waals surface area (Å²) >= 11 is 0. The SMILES string of the molecule is Cc1nc([C@@H]2CN(C(=O)c3ccc4oc(C)cc4c3)CCO2)cc(=O)[nH]1. The molecule has 0 bridgehead atoms. The molecule has 0 aliphatic carbocycles. The number of hydrogen-bond acceptors (Lipinski definition) is 5. The first kappa shape index (κ1) is 16.5. The van der Waals surface area contributed by atoms with Gasteiger partial charge in [0.05, 0.1) is 18.8 Å². The van der Waals surface area contributed by atoms with E-state index < -0.39 is 6.10 Å². The Labute approximate surface area is 149 Å². The minimum atomic E-state index is -0.409. The number of aromatic nitrogens is 2. The molecule has 3 heterocycles. The van der Waals surface area contributed by atoms with E-state index in [4.69, 9.17) is 9.15 Å². The van der Waals surface area contributed by atoms with E-state index in [9.17, 15) is 9.59 Å². The molecule has 1 aromatic carbocycles. The van der Waals surface area contributed by atoms with Crippen LogP contribution in [0.3, 0.4) is 0 Å². The number of aromatic amines is 1. The molecule has 1 amide bonds. The second kappa shape index (κ2) is 6.42. The van der Waals surface area contributed by atoms with Crippen LogP contribution < -0.4 is 5.56 Å². The molecule has 1 aliphatic rings. The summed E-state index contributed by atoms with van der Waals surface area (Å²) in [6.45, 7) is 4.86. The lowest BCUT2D eigenvalue weighted by Gasteiger charge is -2.32. The summed E-state index contributed by atoms with van der Waals surface area (Å²) in [5.41, 5.74) is 1.70. The van der Waals surface area contributed by atoms with Crippen LogP contribution in [0.25, 0.3) is 11.0 Å². The molecule has 4 rings (SSSR count). The molecule has 2 aromatic heterocycles. The molecule has 1 aliphatic heterocycles. The minimum Gasteiger partial charge on any atom is -0.461 e. The van der Waals surface area contributed by atoms with E-state index in [1.165, 1.54) is 6.07 Å². The van der Waals surface area contributed by atoms with Crippen LogP contribution in [-0.2, 0) is 4.74 Å². The molecule has 134 valence electrons. The van der Waals surface area contributed by atoms with Gasteiger partial charge in [-0.3, -0.25) is 9.59 Å². The largest absolute Gasteiger partial charge is 0.461 e. The van der Waals surface area contributed by atoms with Crippen molar-refractivity contribution in [1.29, 1.82) is 0 Å². The number of nitrogens with zero attached hydrogens (tertiary/aromatic N) is 2. The van der Waals surface area contributed by atoms with Crippen molar-refractivity contribution < 1.29 is 13.9 Å². The Morgan fingerprint density at radius 3 is 2.92 bits per heavy atom. The number of carbonyl (C=O) groups excluding carboxylic acids is 1. The topological polar surface area (TPSA) is 88.4 Å². The van der Waals surface area contributed by atoms with Crippen molar-refractivity contribution in [2.45, 2.75) is 20.0 Å². The van der Waals surface area contributed by atoms with Crippen LogP contribution in [0.2, 0.25) is 0 Å². The van der Waals surface area contributed by atoms with Gasteiger partial charge in [-0.15, -0.1) is 0 Å². The summed E-state index contributed by atoms with van der Waals surface area (Å²) in [6.07, 6.45) is -0.409. The lowest BCUT2D eigenvalue weighted by Crippen LogP contribution is -2.42. The van der Waals surface area contributed by atoms with Gasteiger partial charge in [0.25, 0.3) is 11.5 Å². The highest BCUT2D eigenvalue weighted by Gasteiger charge is 2.27. The third-order valence-corrected chi connectivity index (χ3v) is 4.45. The molecule has 7 nitrogen and oxygen atoms in total. The van der Waals surface area contributed by atoms with Crippen molar-refractivity contribution in [3.05, 3.63) is 63.5 Å². The minimum absolute atomic E-state index is 0.0689. The van der Waals surface area contributed by atoms with E-state index >= 15 is 0 Å². The van der Waals surface area contributed by atoms with Gasteiger partial charge in [0, 0.05) is 23.6 Å². The Hall–Kier alpha value is -2.93. The highest BCUT2D eigenvalue weighted by molar-refractivity contribution is 5.97. The molecule has 1 N–H and O–H groups in total. The molecule has 1 fully saturated rings. The number of fused-ring (bicyclic) bond motifs is 1. The predicted molar refractivity (Wildman–Crippen MR) is 95.1 cm³/mol. The highest BCUT2D eigenvalue weighted by atomic mass is 16.5. The summed E-state index contributed by atoms with van der Waals surface area (Å²) in [6, 6.07) is 8.76. The van der Waals surface area contributed by atoms with E-state index in [2.05, 4.69) is 9.97 Å². The van der Waals surface area contributed by atoms with Crippen LogP contribution in [0.4, 0.5) is 0 Å². The van der Waals surface area contributed by atoms with Crippen molar-refractivity contribution in [1.82, 2.24) is 14.9 Å². The standard InChI is InChI=1S/C19H19N3O4/c1-11-7-14-8-13(3-4-16(14)26-11)19(24)22-5-6-25-17(10-22)15-9-18(23)21-12(2)20-15/h3-4,7-9,17H,5-6,10H2,1-2H3,(H,20,21,23)/t17-/m0/s1. The zero-order valence-electron chi connectivity index (χ0n) is 14.6. The molecular weight excluding hydrogens is 334 g/mol. The number of hydrogen-bond donors (Lipinski definition) is 1. The van der Waals surface area contributed by atoms with Gasteiger partial charge in [-0.25, -0.2) is 4.98 Å². The van der Waals surface area contributed by atoms with Crippen LogP contribution >= 0.6 is 0 Å². The van der Waals surface area contributed by atoms with Gasteiger partial charge >= 0.3 is 0 Å². The number of carbonyl (C=O) groups is 1. The van der Waals surface area contributed by atoms with Crippen LogP contribution in [0, 0.1) is 13.8 Å². The van der Waals surface area contributed by atoms with Crippen LogP contribution in [0.1, 0.15) is 33.7 Å². The number of ether oxygens (including phenoxy) is 1. The highest BCUT2D eigenvalue weighted by Crippen LogP contribution is 2.24. The van der Waals surface area contributed by atoms with Crippen molar-refractivity contribution in [2.75, 3.05) is 19.7 Å². The Kier molecular flexibility index (Phi) is 4.08. The Balaban J connectivity index is 1.58. The number of amides is 1. The third kappa shape index (κ3) is 3.13. The molecule has 0 saturated carbocycles. The average Bonchev–Trinajstić information content (AvgIpc) is 2.99. The molecular formula is C19H19N3O4. The molecule has 1 atom stereocenters. The summed E-state index contributed by atoms with van der Waals surface area (Å²) < 4.78 is 11.3. The molecule has 26 heavy (non-hydrogen) atoms. The lowest BCUT2D eigenvalue weighted by molar-refractivity contribution is -0.0248. The fourth-order valence-electron chi connectivity index (χ4n) is 3.27. The van der Waals surface area contributed by atoms with Crippen LogP contribution in [-0.4, -0.2) is 40.5 Å². The number of furan rings is 1. The maximum Gasteiger partial charge on any atom is 0.254 e. The summed E-state index contributed by atoms with van der Waals surface area (Å²) in [4.78, 5) is 33.3. The number of nitrogens with one attached hydrogen (secondary N) is 1. The zero-order valence-corrected chi connectivity index (χ0v) is 14.6. The zero-order chi connectivity index (χ0) is 18.3. The normalized spacial score (nSPS) is 17.6.